The van der Waals surface area contributed by atoms with E-state index in [0.717, 1.165) is 32.1 Å². The van der Waals surface area contributed by atoms with E-state index < -0.39 is 0 Å². The number of thiazole rings is 2. The fourth-order valence-electron chi connectivity index (χ4n) is 1.73. The lowest BCUT2D eigenvalue weighted by molar-refractivity contribution is 1.23. The van der Waals surface area contributed by atoms with Crippen LogP contribution >= 0.6 is 22.7 Å². The van der Waals surface area contributed by atoms with Crippen molar-refractivity contribution >= 4 is 27.8 Å². The maximum Gasteiger partial charge on any atom is 0.182 e. The van der Waals surface area contributed by atoms with Crippen molar-refractivity contribution in [2.24, 2.45) is 0 Å². The number of pyridine rings is 1. The van der Waals surface area contributed by atoms with Gasteiger partial charge in [0.25, 0.3) is 0 Å². The molecule has 96 valence electrons. The van der Waals surface area contributed by atoms with E-state index in [2.05, 4.69) is 25.6 Å². The number of nitrogens with one attached hydrogen (secondary N) is 1. The van der Waals surface area contributed by atoms with E-state index in [1.807, 2.05) is 32.2 Å². The van der Waals surface area contributed by atoms with E-state index in [0.29, 0.717) is 0 Å². The summed E-state index contributed by atoms with van der Waals surface area (Å²) in [6.07, 6.45) is 1.79. The molecule has 0 aliphatic carbocycles. The minimum absolute atomic E-state index is 0.908. The summed E-state index contributed by atoms with van der Waals surface area (Å²) in [6.45, 7) is 2.01. The molecule has 0 unspecified atom stereocenters. The van der Waals surface area contributed by atoms with Crippen LogP contribution in [0.15, 0.2) is 29.8 Å². The molecule has 0 aliphatic rings. The molecule has 3 aromatic rings. The summed E-state index contributed by atoms with van der Waals surface area (Å²) >= 11 is 3.23. The molecule has 0 aliphatic heterocycles. The Balaban J connectivity index is 2.02. The molecule has 0 saturated heterocycles. The van der Waals surface area contributed by atoms with E-state index in [9.17, 15) is 0 Å². The minimum atomic E-state index is 0.908. The zero-order valence-electron chi connectivity index (χ0n) is 10.5. The standard InChI is InChI=1S/C13H12N4S2/c1-8-11(10-7-18-13(14-2)17-10)19-12(16-8)9-5-3-4-6-15-9/h3-7H,1-2H3,(H,14,17). The van der Waals surface area contributed by atoms with Crippen molar-refractivity contribution in [1.82, 2.24) is 15.0 Å². The third-order valence-electron chi connectivity index (χ3n) is 2.63. The topological polar surface area (TPSA) is 50.7 Å². The van der Waals surface area contributed by atoms with Crippen LogP contribution in [-0.4, -0.2) is 22.0 Å². The van der Waals surface area contributed by atoms with Gasteiger partial charge in [-0.1, -0.05) is 6.07 Å². The van der Waals surface area contributed by atoms with Crippen molar-refractivity contribution in [3.8, 4) is 21.3 Å². The summed E-state index contributed by atoms with van der Waals surface area (Å²) < 4.78 is 0. The number of nitrogens with zero attached hydrogens (tertiary/aromatic N) is 3. The second-order valence-corrected chi connectivity index (χ2v) is 5.79. The van der Waals surface area contributed by atoms with Crippen LogP contribution in [0.2, 0.25) is 0 Å². The number of rotatable bonds is 3. The molecule has 3 rings (SSSR count). The zero-order chi connectivity index (χ0) is 13.2. The molecule has 0 fully saturated rings. The molecule has 0 saturated carbocycles. The van der Waals surface area contributed by atoms with Crippen LogP contribution in [0.4, 0.5) is 5.13 Å². The van der Waals surface area contributed by atoms with Crippen LogP contribution in [-0.2, 0) is 0 Å². The van der Waals surface area contributed by atoms with E-state index in [4.69, 9.17) is 0 Å². The van der Waals surface area contributed by atoms with Crippen LogP contribution in [0.3, 0.4) is 0 Å². The van der Waals surface area contributed by atoms with Crippen molar-refractivity contribution in [3.05, 3.63) is 35.5 Å². The number of anilines is 1. The summed E-state index contributed by atoms with van der Waals surface area (Å²) in [6, 6.07) is 5.85. The molecule has 0 bridgehead atoms. The smallest absolute Gasteiger partial charge is 0.182 e. The highest BCUT2D eigenvalue weighted by molar-refractivity contribution is 7.19. The van der Waals surface area contributed by atoms with Crippen molar-refractivity contribution < 1.29 is 0 Å². The highest BCUT2D eigenvalue weighted by Crippen LogP contribution is 2.35. The van der Waals surface area contributed by atoms with Gasteiger partial charge in [-0.3, -0.25) is 4.98 Å². The first-order valence-electron chi connectivity index (χ1n) is 5.80. The van der Waals surface area contributed by atoms with Gasteiger partial charge >= 0.3 is 0 Å². The van der Waals surface area contributed by atoms with Gasteiger partial charge in [0.2, 0.25) is 0 Å². The van der Waals surface area contributed by atoms with E-state index in [1.54, 1.807) is 28.9 Å². The summed E-state index contributed by atoms with van der Waals surface area (Å²) in [7, 11) is 1.88. The van der Waals surface area contributed by atoms with Crippen molar-refractivity contribution in [1.29, 1.82) is 0 Å². The first-order valence-corrected chi connectivity index (χ1v) is 7.50. The number of aromatic nitrogens is 3. The van der Waals surface area contributed by atoms with Gasteiger partial charge in [-0.25, -0.2) is 9.97 Å². The van der Waals surface area contributed by atoms with Crippen molar-refractivity contribution in [3.63, 3.8) is 0 Å². The molecule has 3 aromatic heterocycles. The van der Waals surface area contributed by atoms with Crippen LogP contribution < -0.4 is 5.32 Å². The Labute approximate surface area is 119 Å². The Morgan fingerprint density at radius 3 is 2.74 bits per heavy atom. The second kappa shape index (κ2) is 5.07. The van der Waals surface area contributed by atoms with E-state index in [-0.39, 0.29) is 0 Å². The van der Waals surface area contributed by atoms with Crippen molar-refractivity contribution in [2.45, 2.75) is 6.92 Å². The van der Waals surface area contributed by atoms with Gasteiger partial charge in [0.05, 0.1) is 22.0 Å². The molecular formula is C13H12N4S2. The third-order valence-corrected chi connectivity index (χ3v) is 4.69. The first kappa shape index (κ1) is 12.3. The largest absolute Gasteiger partial charge is 0.365 e. The summed E-state index contributed by atoms with van der Waals surface area (Å²) in [5.74, 6) is 0. The van der Waals surface area contributed by atoms with Crippen molar-refractivity contribution in [2.75, 3.05) is 12.4 Å². The Bertz CT molecular complexity index is 688. The second-order valence-electron chi connectivity index (χ2n) is 3.94. The lowest BCUT2D eigenvalue weighted by atomic mass is 10.3. The SMILES string of the molecule is CNc1nc(-c2sc(-c3ccccn3)nc2C)cs1. The summed E-state index contributed by atoms with van der Waals surface area (Å²) in [4.78, 5) is 14.6. The predicted molar refractivity (Wildman–Crippen MR) is 80.7 cm³/mol. The highest BCUT2D eigenvalue weighted by atomic mass is 32.1. The Kier molecular flexibility index (Phi) is 3.27. The maximum absolute atomic E-state index is 4.59. The van der Waals surface area contributed by atoms with Gasteiger partial charge in [-0.15, -0.1) is 22.7 Å². The Morgan fingerprint density at radius 2 is 2.05 bits per heavy atom. The average Bonchev–Trinajstić information content (AvgIpc) is 3.06. The summed E-state index contributed by atoms with van der Waals surface area (Å²) in [5, 5.41) is 6.96. The lowest BCUT2D eigenvalue weighted by Gasteiger charge is -1.92. The molecule has 0 amide bonds. The van der Waals surface area contributed by atoms with Crippen LogP contribution in [0.5, 0.6) is 0 Å². The average molecular weight is 288 g/mol. The molecule has 3 heterocycles. The predicted octanol–water partition coefficient (Wildman–Crippen LogP) is 3.68. The third kappa shape index (κ3) is 2.36. The van der Waals surface area contributed by atoms with Crippen LogP contribution in [0.1, 0.15) is 5.69 Å². The molecular weight excluding hydrogens is 276 g/mol. The molecule has 4 nitrogen and oxygen atoms in total. The lowest BCUT2D eigenvalue weighted by Crippen LogP contribution is -1.85. The maximum atomic E-state index is 4.59. The van der Waals surface area contributed by atoms with Gasteiger partial charge in [0.15, 0.2) is 5.13 Å². The molecule has 1 N–H and O–H groups in total. The van der Waals surface area contributed by atoms with Gasteiger partial charge in [0, 0.05) is 18.6 Å². The highest BCUT2D eigenvalue weighted by Gasteiger charge is 2.14. The number of aryl methyl sites for hydroxylation is 1. The quantitative estimate of drug-likeness (QED) is 0.798. The molecule has 0 spiro atoms. The minimum Gasteiger partial charge on any atom is -0.365 e. The van der Waals surface area contributed by atoms with Gasteiger partial charge in [-0.05, 0) is 19.1 Å². The van der Waals surface area contributed by atoms with Crippen LogP contribution in [0.25, 0.3) is 21.3 Å². The van der Waals surface area contributed by atoms with Gasteiger partial charge in [-0.2, -0.15) is 0 Å². The zero-order valence-corrected chi connectivity index (χ0v) is 12.2. The number of hydrogen-bond donors (Lipinski definition) is 1. The fourth-order valence-corrected chi connectivity index (χ4v) is 3.47. The molecule has 6 heteroatoms. The first-order chi connectivity index (χ1) is 9.28. The van der Waals surface area contributed by atoms with Gasteiger partial charge < -0.3 is 5.32 Å². The fraction of sp³-hybridized carbons (Fsp3) is 0.154. The molecule has 0 atom stereocenters. The molecule has 0 aromatic carbocycles. The number of hydrogen-bond acceptors (Lipinski definition) is 6. The van der Waals surface area contributed by atoms with Crippen LogP contribution in [0, 0.1) is 6.92 Å². The Hall–Kier alpha value is -1.79. The van der Waals surface area contributed by atoms with E-state index >= 15 is 0 Å². The molecule has 0 radical (unpaired) electrons. The molecule has 19 heavy (non-hydrogen) atoms. The monoisotopic (exact) mass is 288 g/mol. The van der Waals surface area contributed by atoms with Gasteiger partial charge in [0.1, 0.15) is 5.01 Å². The summed E-state index contributed by atoms with van der Waals surface area (Å²) in [5.41, 5.74) is 2.89. The normalized spacial score (nSPS) is 10.6. The Morgan fingerprint density at radius 1 is 1.16 bits per heavy atom. The van der Waals surface area contributed by atoms with E-state index in [1.165, 1.54) is 0 Å².